The summed E-state index contributed by atoms with van der Waals surface area (Å²) >= 11 is 0. The monoisotopic (exact) mass is 264 g/mol. The van der Waals surface area contributed by atoms with Gasteiger partial charge >= 0.3 is 5.97 Å². The van der Waals surface area contributed by atoms with Crippen molar-refractivity contribution in [2.45, 2.75) is 25.8 Å². The second kappa shape index (κ2) is 5.97. The molecule has 104 valence electrons. The van der Waals surface area contributed by atoms with Crippen LogP contribution in [0.25, 0.3) is 0 Å². The van der Waals surface area contributed by atoms with Crippen molar-refractivity contribution in [3.63, 3.8) is 0 Å². The molecule has 1 N–H and O–H groups in total. The fourth-order valence-electron chi connectivity index (χ4n) is 2.44. The van der Waals surface area contributed by atoms with E-state index in [0.29, 0.717) is 12.0 Å². The lowest BCUT2D eigenvalue weighted by Crippen LogP contribution is -2.40. The molecule has 0 aliphatic carbocycles. The molecule has 1 aliphatic rings. The van der Waals surface area contributed by atoms with E-state index in [1.165, 1.54) is 12.4 Å². The molecule has 1 fully saturated rings. The number of aromatic nitrogens is 2. The molecule has 0 saturated carbocycles. The molecule has 6 heteroatoms. The van der Waals surface area contributed by atoms with Crippen LogP contribution in [0.1, 0.15) is 30.1 Å². The van der Waals surface area contributed by atoms with Crippen LogP contribution in [-0.2, 0) is 0 Å². The third-order valence-corrected chi connectivity index (χ3v) is 3.52. The highest BCUT2D eigenvalue weighted by Crippen LogP contribution is 2.17. The lowest BCUT2D eigenvalue weighted by molar-refractivity contribution is 0.0696. The maximum atomic E-state index is 10.8. The van der Waals surface area contributed by atoms with Gasteiger partial charge < -0.3 is 14.9 Å². The van der Waals surface area contributed by atoms with Crippen molar-refractivity contribution in [3.8, 4) is 0 Å². The number of carbonyl (C=O) groups is 1. The van der Waals surface area contributed by atoms with Gasteiger partial charge in [-0.25, -0.2) is 14.8 Å². The number of rotatable bonds is 3. The molecule has 0 spiro atoms. The summed E-state index contributed by atoms with van der Waals surface area (Å²) in [6, 6.07) is 0.378. The summed E-state index contributed by atoms with van der Waals surface area (Å²) in [4.78, 5) is 23.7. The van der Waals surface area contributed by atoms with Crippen molar-refractivity contribution in [1.29, 1.82) is 0 Å². The van der Waals surface area contributed by atoms with E-state index in [0.717, 1.165) is 32.5 Å². The summed E-state index contributed by atoms with van der Waals surface area (Å²) in [6.07, 6.45) is 4.85. The summed E-state index contributed by atoms with van der Waals surface area (Å²) < 4.78 is 0. The fourth-order valence-corrected chi connectivity index (χ4v) is 2.44. The minimum atomic E-state index is -0.991. The first-order valence-corrected chi connectivity index (χ1v) is 6.62. The maximum Gasteiger partial charge on any atom is 0.338 e. The molecule has 1 unspecified atom stereocenters. The maximum absolute atomic E-state index is 10.8. The van der Waals surface area contributed by atoms with Crippen molar-refractivity contribution in [3.05, 3.63) is 18.0 Å². The number of nitrogens with zero attached hydrogens (tertiary/aromatic N) is 4. The molecule has 1 saturated heterocycles. The van der Waals surface area contributed by atoms with E-state index in [1.807, 2.05) is 0 Å². The molecule has 0 aromatic carbocycles. The molecule has 1 atom stereocenters. The molecule has 19 heavy (non-hydrogen) atoms. The largest absolute Gasteiger partial charge is 0.478 e. The second-order valence-corrected chi connectivity index (χ2v) is 4.95. The molecule has 1 aromatic rings. The standard InChI is InChI=1S/C13H20N4O2/c1-3-11-9-16(2)5-4-6-17(11)13-14-7-10(8-15-13)12(18)19/h7-8,11H,3-6,9H2,1-2H3,(H,18,19). The van der Waals surface area contributed by atoms with E-state index in [9.17, 15) is 4.79 Å². The van der Waals surface area contributed by atoms with Gasteiger partial charge in [-0.1, -0.05) is 6.92 Å². The number of likely N-dealkylation sites (N-methyl/N-ethyl adjacent to an activating group) is 1. The van der Waals surface area contributed by atoms with Crippen molar-refractivity contribution < 1.29 is 9.90 Å². The third-order valence-electron chi connectivity index (χ3n) is 3.52. The van der Waals surface area contributed by atoms with Gasteiger partial charge in [0.2, 0.25) is 5.95 Å². The smallest absolute Gasteiger partial charge is 0.338 e. The van der Waals surface area contributed by atoms with E-state index >= 15 is 0 Å². The van der Waals surface area contributed by atoms with E-state index in [-0.39, 0.29) is 5.56 Å². The summed E-state index contributed by atoms with van der Waals surface area (Å²) in [5.74, 6) is -0.360. The fraction of sp³-hybridized carbons (Fsp3) is 0.615. The first-order chi connectivity index (χ1) is 9.11. The summed E-state index contributed by atoms with van der Waals surface area (Å²) in [5, 5.41) is 8.86. The van der Waals surface area contributed by atoms with Gasteiger partial charge in [0.25, 0.3) is 0 Å². The average molecular weight is 264 g/mol. The van der Waals surface area contributed by atoms with Gasteiger partial charge in [0, 0.05) is 31.5 Å². The third kappa shape index (κ3) is 3.20. The zero-order chi connectivity index (χ0) is 13.8. The van der Waals surface area contributed by atoms with Gasteiger partial charge in [-0.3, -0.25) is 0 Å². The highest BCUT2D eigenvalue weighted by molar-refractivity contribution is 5.86. The zero-order valence-corrected chi connectivity index (χ0v) is 11.4. The molecular weight excluding hydrogens is 244 g/mol. The van der Waals surface area contributed by atoms with Crippen LogP contribution in [0.4, 0.5) is 5.95 Å². The Bertz CT molecular complexity index is 435. The number of hydrogen-bond acceptors (Lipinski definition) is 5. The van der Waals surface area contributed by atoms with Gasteiger partial charge in [0.05, 0.1) is 5.56 Å². The molecule has 0 radical (unpaired) electrons. The Morgan fingerprint density at radius 3 is 2.68 bits per heavy atom. The molecule has 2 heterocycles. The minimum absolute atomic E-state index is 0.128. The molecule has 1 aliphatic heterocycles. The van der Waals surface area contributed by atoms with Crippen LogP contribution in [0.15, 0.2) is 12.4 Å². The SMILES string of the molecule is CCC1CN(C)CCCN1c1ncc(C(=O)O)cn1. The van der Waals surface area contributed by atoms with E-state index < -0.39 is 5.97 Å². The Morgan fingerprint density at radius 2 is 2.11 bits per heavy atom. The summed E-state index contributed by atoms with van der Waals surface area (Å²) in [5.41, 5.74) is 0.128. The number of hydrogen-bond donors (Lipinski definition) is 1. The van der Waals surface area contributed by atoms with Crippen LogP contribution in [0.5, 0.6) is 0 Å². The molecule has 1 aromatic heterocycles. The van der Waals surface area contributed by atoms with Gasteiger partial charge in [0.15, 0.2) is 0 Å². The lowest BCUT2D eigenvalue weighted by Gasteiger charge is -2.30. The van der Waals surface area contributed by atoms with Crippen LogP contribution in [0, 0.1) is 0 Å². The predicted molar refractivity (Wildman–Crippen MR) is 72.5 cm³/mol. The van der Waals surface area contributed by atoms with Crippen LogP contribution >= 0.6 is 0 Å². The van der Waals surface area contributed by atoms with Crippen molar-refractivity contribution >= 4 is 11.9 Å². The van der Waals surface area contributed by atoms with Crippen molar-refractivity contribution in [1.82, 2.24) is 14.9 Å². The van der Waals surface area contributed by atoms with Crippen molar-refractivity contribution in [2.75, 3.05) is 31.6 Å². The van der Waals surface area contributed by atoms with Gasteiger partial charge in [-0.2, -0.15) is 0 Å². The van der Waals surface area contributed by atoms with Gasteiger partial charge in [-0.05, 0) is 26.4 Å². The van der Waals surface area contributed by atoms with Crippen molar-refractivity contribution in [2.24, 2.45) is 0 Å². The lowest BCUT2D eigenvalue weighted by atomic mass is 10.2. The van der Waals surface area contributed by atoms with Crippen LogP contribution in [0.2, 0.25) is 0 Å². The van der Waals surface area contributed by atoms with E-state index in [2.05, 4.69) is 33.7 Å². The van der Waals surface area contributed by atoms with Gasteiger partial charge in [0.1, 0.15) is 0 Å². The number of carboxylic acid groups (broad SMARTS) is 1. The quantitative estimate of drug-likeness (QED) is 0.881. The Hall–Kier alpha value is -1.69. The normalized spacial score (nSPS) is 21.2. The molecule has 0 amide bonds. The number of anilines is 1. The highest BCUT2D eigenvalue weighted by atomic mass is 16.4. The Balaban J connectivity index is 2.20. The molecule has 0 bridgehead atoms. The number of carboxylic acids is 1. The first-order valence-electron chi connectivity index (χ1n) is 6.62. The topological polar surface area (TPSA) is 69.6 Å². The van der Waals surface area contributed by atoms with Crippen LogP contribution < -0.4 is 4.90 Å². The Kier molecular flexibility index (Phi) is 4.31. The predicted octanol–water partition coefficient (Wildman–Crippen LogP) is 1.10. The summed E-state index contributed by atoms with van der Waals surface area (Å²) in [7, 11) is 2.13. The Labute approximate surface area is 113 Å². The first kappa shape index (κ1) is 13.7. The molecule has 2 rings (SSSR count). The summed E-state index contributed by atoms with van der Waals surface area (Å²) in [6.45, 7) is 5.12. The average Bonchev–Trinajstić information content (AvgIpc) is 2.60. The molecular formula is C13H20N4O2. The highest BCUT2D eigenvalue weighted by Gasteiger charge is 2.24. The van der Waals surface area contributed by atoms with Crippen LogP contribution in [-0.4, -0.2) is 58.7 Å². The number of aromatic carboxylic acids is 1. The minimum Gasteiger partial charge on any atom is -0.478 e. The van der Waals surface area contributed by atoms with Gasteiger partial charge in [-0.15, -0.1) is 0 Å². The van der Waals surface area contributed by atoms with E-state index in [4.69, 9.17) is 5.11 Å². The Morgan fingerprint density at radius 1 is 1.42 bits per heavy atom. The van der Waals surface area contributed by atoms with E-state index in [1.54, 1.807) is 0 Å². The van der Waals surface area contributed by atoms with Crippen LogP contribution in [0.3, 0.4) is 0 Å². The second-order valence-electron chi connectivity index (χ2n) is 4.95. The molecule has 6 nitrogen and oxygen atoms in total. The zero-order valence-electron chi connectivity index (χ0n) is 11.4.